The van der Waals surface area contributed by atoms with Crippen LogP contribution in [0.25, 0.3) is 0 Å². The van der Waals surface area contributed by atoms with Gasteiger partial charge in [-0.05, 0) is 109 Å². The lowest BCUT2D eigenvalue weighted by Crippen LogP contribution is -2.30. The van der Waals surface area contributed by atoms with Crippen molar-refractivity contribution in [2.75, 3.05) is 13.2 Å². The van der Waals surface area contributed by atoms with Crippen molar-refractivity contribution in [2.45, 2.75) is 284 Å². The second-order valence-electron chi connectivity index (χ2n) is 18.5. The molecule has 0 aromatic carbocycles. The van der Waals surface area contributed by atoms with E-state index in [0.717, 1.165) is 103 Å². The summed E-state index contributed by atoms with van der Waals surface area (Å²) in [6.07, 6.45) is 66.3. The van der Waals surface area contributed by atoms with Crippen LogP contribution in [-0.4, -0.2) is 37.2 Å². The molecule has 0 fully saturated rings. The first-order valence-corrected chi connectivity index (χ1v) is 27.8. The molecule has 1 atom stereocenters. The maximum absolute atomic E-state index is 12.8. The molecule has 0 amide bonds. The number of allylic oxidation sites excluding steroid dienone is 10. The Hall–Kier alpha value is -2.89. The number of ether oxygens (including phenoxy) is 3. The third-order valence-electron chi connectivity index (χ3n) is 12.0. The van der Waals surface area contributed by atoms with E-state index in [1.807, 2.05) is 0 Å². The average Bonchev–Trinajstić information content (AvgIpc) is 3.30. The van der Waals surface area contributed by atoms with E-state index in [0.29, 0.717) is 19.3 Å². The lowest BCUT2D eigenvalue weighted by molar-refractivity contribution is -0.167. The molecule has 0 saturated heterocycles. The van der Waals surface area contributed by atoms with Gasteiger partial charge in [-0.1, -0.05) is 210 Å². The second kappa shape index (κ2) is 53.7. The van der Waals surface area contributed by atoms with E-state index in [4.69, 9.17) is 14.2 Å². The molecule has 65 heavy (non-hydrogen) atoms. The minimum Gasteiger partial charge on any atom is -0.462 e. The summed E-state index contributed by atoms with van der Waals surface area (Å²) < 4.78 is 16.8. The van der Waals surface area contributed by atoms with Crippen LogP contribution in [0, 0.1) is 0 Å². The Kier molecular flexibility index (Phi) is 51.3. The fourth-order valence-electron chi connectivity index (χ4n) is 7.73. The van der Waals surface area contributed by atoms with E-state index in [2.05, 4.69) is 81.5 Å². The largest absolute Gasteiger partial charge is 0.462 e. The first kappa shape index (κ1) is 62.1. The van der Waals surface area contributed by atoms with E-state index in [1.165, 1.54) is 135 Å². The highest BCUT2D eigenvalue weighted by Gasteiger charge is 2.19. The van der Waals surface area contributed by atoms with Gasteiger partial charge in [0.25, 0.3) is 0 Å². The lowest BCUT2D eigenvalue weighted by Gasteiger charge is -2.18. The van der Waals surface area contributed by atoms with Gasteiger partial charge in [-0.2, -0.15) is 0 Å². The summed E-state index contributed by atoms with van der Waals surface area (Å²) in [7, 11) is 0. The third-order valence-corrected chi connectivity index (χ3v) is 12.0. The average molecular weight is 909 g/mol. The van der Waals surface area contributed by atoms with Crippen LogP contribution >= 0.6 is 0 Å². The zero-order valence-electron chi connectivity index (χ0n) is 43.0. The molecule has 0 N–H and O–H groups in total. The Labute approximate surface area is 402 Å². The van der Waals surface area contributed by atoms with Crippen LogP contribution in [0.15, 0.2) is 60.8 Å². The molecule has 1 unspecified atom stereocenters. The number of esters is 3. The van der Waals surface area contributed by atoms with Crippen molar-refractivity contribution in [1.82, 2.24) is 0 Å². The van der Waals surface area contributed by atoms with E-state index in [1.54, 1.807) is 0 Å². The fourth-order valence-corrected chi connectivity index (χ4v) is 7.73. The summed E-state index contributed by atoms with van der Waals surface area (Å²) in [5.41, 5.74) is 0. The van der Waals surface area contributed by atoms with Crippen LogP contribution in [-0.2, 0) is 28.6 Å². The monoisotopic (exact) mass is 909 g/mol. The maximum atomic E-state index is 12.8. The molecule has 0 aromatic rings. The van der Waals surface area contributed by atoms with Crippen molar-refractivity contribution in [3.8, 4) is 0 Å². The van der Waals surface area contributed by atoms with Gasteiger partial charge in [0.1, 0.15) is 13.2 Å². The van der Waals surface area contributed by atoms with Gasteiger partial charge in [-0.25, -0.2) is 0 Å². The van der Waals surface area contributed by atoms with Gasteiger partial charge in [-0.3, -0.25) is 14.4 Å². The Balaban J connectivity index is 4.42. The van der Waals surface area contributed by atoms with Crippen LogP contribution < -0.4 is 0 Å². The summed E-state index contributed by atoms with van der Waals surface area (Å²) in [6, 6.07) is 0. The van der Waals surface area contributed by atoms with Gasteiger partial charge in [0.05, 0.1) is 0 Å². The highest BCUT2D eigenvalue weighted by molar-refractivity contribution is 5.71. The van der Waals surface area contributed by atoms with Gasteiger partial charge in [0.2, 0.25) is 0 Å². The van der Waals surface area contributed by atoms with E-state index in [9.17, 15) is 14.4 Å². The number of carbonyl (C=O) groups is 3. The summed E-state index contributed by atoms with van der Waals surface area (Å²) in [5.74, 6) is -0.908. The number of carbonyl (C=O) groups excluding carboxylic acids is 3. The fraction of sp³-hybridized carbons (Fsp3) is 0.780. The van der Waals surface area contributed by atoms with Crippen LogP contribution in [0.2, 0.25) is 0 Å². The van der Waals surface area contributed by atoms with Gasteiger partial charge < -0.3 is 14.2 Å². The standard InChI is InChI=1S/C59H104O6/c1-4-7-10-13-16-19-22-25-28-29-32-34-37-40-43-46-49-52-58(61)64-55-56(65-59(62)53-50-47-44-41-38-35-31-27-24-21-18-15-12-9-6-3)54-63-57(60)51-48-45-42-39-36-33-30-26-23-20-17-14-11-8-5-2/h16-17,19-20,25-28,30-31,56H,4-15,18,21-24,29,32-55H2,1-3H3. The summed E-state index contributed by atoms with van der Waals surface area (Å²) in [5, 5.41) is 0. The maximum Gasteiger partial charge on any atom is 0.306 e. The Bertz CT molecular complexity index is 1180. The van der Waals surface area contributed by atoms with Crippen LogP contribution in [0.1, 0.15) is 278 Å². The predicted octanol–water partition coefficient (Wildman–Crippen LogP) is 18.4. The normalized spacial score (nSPS) is 12.5. The lowest BCUT2D eigenvalue weighted by atomic mass is 10.1. The first-order valence-electron chi connectivity index (χ1n) is 27.8. The summed E-state index contributed by atoms with van der Waals surface area (Å²) in [4.78, 5) is 38.1. The van der Waals surface area contributed by atoms with E-state index >= 15 is 0 Å². The van der Waals surface area contributed by atoms with Crippen molar-refractivity contribution in [2.24, 2.45) is 0 Å². The quantitative estimate of drug-likeness (QED) is 0.0262. The molecule has 0 rings (SSSR count). The van der Waals surface area contributed by atoms with Crippen molar-refractivity contribution in [1.29, 1.82) is 0 Å². The molecule has 0 saturated carbocycles. The molecule has 0 spiro atoms. The zero-order chi connectivity index (χ0) is 47.2. The summed E-state index contributed by atoms with van der Waals surface area (Å²) >= 11 is 0. The third kappa shape index (κ3) is 51.9. The van der Waals surface area contributed by atoms with Crippen molar-refractivity contribution >= 4 is 17.9 Å². The number of unbranched alkanes of at least 4 members (excludes halogenated alkanes) is 29. The van der Waals surface area contributed by atoms with Crippen molar-refractivity contribution < 1.29 is 28.6 Å². The molecule has 0 bridgehead atoms. The number of hydrogen-bond acceptors (Lipinski definition) is 6. The molecule has 0 aromatic heterocycles. The Morgan fingerprint density at radius 3 is 0.892 bits per heavy atom. The number of rotatable bonds is 50. The Morgan fingerprint density at radius 1 is 0.308 bits per heavy atom. The van der Waals surface area contributed by atoms with Gasteiger partial charge in [0.15, 0.2) is 6.10 Å². The molecule has 0 radical (unpaired) electrons. The predicted molar refractivity (Wildman–Crippen MR) is 279 cm³/mol. The van der Waals surface area contributed by atoms with Gasteiger partial charge in [-0.15, -0.1) is 0 Å². The molecule has 376 valence electrons. The van der Waals surface area contributed by atoms with Crippen LogP contribution in [0.3, 0.4) is 0 Å². The molecular formula is C59H104O6. The highest BCUT2D eigenvalue weighted by atomic mass is 16.6. The minimum atomic E-state index is -0.787. The van der Waals surface area contributed by atoms with Crippen molar-refractivity contribution in [3.05, 3.63) is 60.8 Å². The molecular weight excluding hydrogens is 805 g/mol. The molecule has 0 heterocycles. The molecule has 6 nitrogen and oxygen atoms in total. The number of hydrogen-bond donors (Lipinski definition) is 0. The first-order chi connectivity index (χ1) is 32.0. The van der Waals surface area contributed by atoms with Crippen LogP contribution in [0.4, 0.5) is 0 Å². The topological polar surface area (TPSA) is 78.9 Å². The molecule has 0 aliphatic rings. The molecule has 0 aliphatic carbocycles. The minimum absolute atomic E-state index is 0.0857. The molecule has 0 aliphatic heterocycles. The smallest absolute Gasteiger partial charge is 0.306 e. The van der Waals surface area contributed by atoms with E-state index in [-0.39, 0.29) is 31.1 Å². The van der Waals surface area contributed by atoms with Crippen LogP contribution in [0.5, 0.6) is 0 Å². The highest BCUT2D eigenvalue weighted by Crippen LogP contribution is 2.14. The molecule has 6 heteroatoms. The second-order valence-corrected chi connectivity index (χ2v) is 18.5. The van der Waals surface area contributed by atoms with Gasteiger partial charge in [0, 0.05) is 19.3 Å². The Morgan fingerprint density at radius 2 is 0.554 bits per heavy atom. The zero-order valence-corrected chi connectivity index (χ0v) is 43.0. The SMILES string of the molecule is CCCCCC=CCC=CCCCCCCCCCC(=O)OCC(COC(=O)CCCCCCCC=CCC=CCCCCC)OC(=O)CCCCCCCC=CCCCCCCCC. The van der Waals surface area contributed by atoms with Gasteiger partial charge >= 0.3 is 17.9 Å². The van der Waals surface area contributed by atoms with Crippen molar-refractivity contribution in [3.63, 3.8) is 0 Å². The summed E-state index contributed by atoms with van der Waals surface area (Å²) in [6.45, 7) is 6.57. The van der Waals surface area contributed by atoms with E-state index < -0.39 is 6.10 Å².